The molecule has 5 nitrogen and oxygen atoms in total. The quantitative estimate of drug-likeness (QED) is 0.528. The molecule has 2 heterocycles. The van der Waals surface area contributed by atoms with Crippen LogP contribution >= 0.6 is 0 Å². The Hall–Kier alpha value is -3.28. The largest absolute Gasteiger partial charge is 0.305 e. The molecule has 0 bridgehead atoms. The van der Waals surface area contributed by atoms with Gasteiger partial charge >= 0.3 is 0 Å². The van der Waals surface area contributed by atoms with Crippen molar-refractivity contribution in [1.29, 1.82) is 0 Å². The predicted molar refractivity (Wildman–Crippen MR) is 109 cm³/mol. The van der Waals surface area contributed by atoms with Gasteiger partial charge in [-0.15, -0.1) is 0 Å². The topological polar surface area (TPSA) is 59.8 Å². The molecule has 0 fully saturated rings. The van der Waals surface area contributed by atoms with Crippen LogP contribution < -0.4 is 5.32 Å². The summed E-state index contributed by atoms with van der Waals surface area (Å²) in [4.78, 5) is 17.4. The average molecular weight is 376 g/mol. The Morgan fingerprint density at radius 1 is 1.14 bits per heavy atom. The van der Waals surface area contributed by atoms with E-state index in [0.29, 0.717) is 11.4 Å². The lowest BCUT2D eigenvalue weighted by atomic mass is 10.1. The van der Waals surface area contributed by atoms with Crippen LogP contribution in [0.15, 0.2) is 48.5 Å². The summed E-state index contributed by atoms with van der Waals surface area (Å²) in [5, 5.41) is 9.26. The Morgan fingerprint density at radius 3 is 2.68 bits per heavy atom. The van der Waals surface area contributed by atoms with Crippen molar-refractivity contribution in [3.05, 3.63) is 65.5 Å². The summed E-state index contributed by atoms with van der Waals surface area (Å²) in [6.45, 7) is 4.88. The number of aromatic nitrogens is 3. The van der Waals surface area contributed by atoms with E-state index >= 15 is 0 Å². The molecule has 0 saturated carbocycles. The molecule has 0 unspecified atom stereocenters. The zero-order valence-electron chi connectivity index (χ0n) is 15.9. The van der Waals surface area contributed by atoms with Crippen molar-refractivity contribution < 1.29 is 9.18 Å². The normalized spacial score (nSPS) is 11.2. The third-order valence-electron chi connectivity index (χ3n) is 4.73. The first-order valence-corrected chi connectivity index (χ1v) is 9.40. The summed E-state index contributed by atoms with van der Waals surface area (Å²) in [6.07, 6.45) is 2.00. The maximum absolute atomic E-state index is 13.1. The summed E-state index contributed by atoms with van der Waals surface area (Å²) in [7, 11) is 0. The molecule has 0 atom stereocenters. The fraction of sp³-hybridized carbons (Fsp3) is 0.227. The lowest BCUT2D eigenvalue weighted by molar-refractivity contribution is 0.102. The summed E-state index contributed by atoms with van der Waals surface area (Å²) in [5.41, 5.74) is 3.16. The number of amides is 1. The molecule has 142 valence electrons. The molecule has 2 aromatic carbocycles. The number of hydrogen-bond acceptors (Lipinski definition) is 3. The molecular weight excluding hydrogens is 355 g/mol. The molecule has 28 heavy (non-hydrogen) atoms. The van der Waals surface area contributed by atoms with Crippen LogP contribution in [-0.2, 0) is 6.54 Å². The number of carbonyl (C=O) groups is 1. The molecule has 0 aliphatic heterocycles. The molecule has 0 spiro atoms. The van der Waals surface area contributed by atoms with E-state index in [4.69, 9.17) is 4.98 Å². The fourth-order valence-electron chi connectivity index (χ4n) is 3.22. The van der Waals surface area contributed by atoms with Gasteiger partial charge in [-0.2, -0.15) is 5.10 Å². The van der Waals surface area contributed by atoms with Gasteiger partial charge in [0.1, 0.15) is 5.82 Å². The van der Waals surface area contributed by atoms with Crippen molar-refractivity contribution in [2.45, 2.75) is 33.2 Å². The van der Waals surface area contributed by atoms with Crippen LogP contribution in [0.1, 0.15) is 35.7 Å². The Morgan fingerprint density at radius 2 is 1.93 bits per heavy atom. The monoisotopic (exact) mass is 376 g/mol. The van der Waals surface area contributed by atoms with E-state index in [9.17, 15) is 9.18 Å². The molecule has 1 amide bonds. The predicted octanol–water partition coefficient (Wildman–Crippen LogP) is 5.08. The maximum atomic E-state index is 13.1. The van der Waals surface area contributed by atoms with Crippen LogP contribution in [0.5, 0.6) is 0 Å². The summed E-state index contributed by atoms with van der Waals surface area (Å²) in [5.74, 6) is -0.236. The Bertz CT molecular complexity index is 1160. The second-order valence-corrected chi connectivity index (χ2v) is 6.94. The van der Waals surface area contributed by atoms with Crippen LogP contribution in [0, 0.1) is 12.7 Å². The number of halogens is 1. The Kier molecular flexibility index (Phi) is 4.77. The zero-order chi connectivity index (χ0) is 19.7. The number of hydrogen-bond donors (Lipinski definition) is 1. The number of carbonyl (C=O) groups excluding carboxylic acids is 1. The van der Waals surface area contributed by atoms with E-state index in [-0.39, 0.29) is 11.7 Å². The number of unbranched alkanes of at least 4 members (excludes halogenated alkanes) is 1. The summed E-state index contributed by atoms with van der Waals surface area (Å²) >= 11 is 0. The average Bonchev–Trinajstić information content (AvgIpc) is 3.01. The number of anilines is 1. The standard InChI is InChI=1S/C22H21FN4O/c1-3-4-11-27-21-18(13-16-12-14(2)5-10-19(16)24-21)20(26-27)25-22(28)15-6-8-17(23)9-7-15/h5-10,12-13H,3-4,11H2,1-2H3,(H,25,26,28). The van der Waals surface area contributed by atoms with Crippen molar-refractivity contribution >= 4 is 33.7 Å². The molecule has 4 aromatic rings. The first-order valence-electron chi connectivity index (χ1n) is 9.40. The number of pyridine rings is 1. The van der Waals surface area contributed by atoms with Gasteiger partial charge in [-0.1, -0.05) is 25.0 Å². The lowest BCUT2D eigenvalue weighted by Gasteiger charge is -2.04. The van der Waals surface area contributed by atoms with Crippen molar-refractivity contribution in [3.8, 4) is 0 Å². The van der Waals surface area contributed by atoms with Gasteiger partial charge in [-0.3, -0.25) is 4.79 Å². The minimum atomic E-state index is -0.378. The number of rotatable bonds is 5. The molecule has 0 aliphatic rings. The van der Waals surface area contributed by atoms with Crippen LogP contribution in [0.4, 0.5) is 10.2 Å². The number of aryl methyl sites for hydroxylation is 2. The van der Waals surface area contributed by atoms with E-state index in [1.54, 1.807) is 0 Å². The first kappa shape index (κ1) is 18.1. The molecule has 6 heteroatoms. The van der Waals surface area contributed by atoms with Gasteiger partial charge in [-0.05, 0) is 55.8 Å². The van der Waals surface area contributed by atoms with Gasteiger partial charge in [-0.25, -0.2) is 14.1 Å². The van der Waals surface area contributed by atoms with Crippen molar-refractivity contribution in [2.24, 2.45) is 0 Å². The molecule has 0 radical (unpaired) electrons. The second-order valence-electron chi connectivity index (χ2n) is 6.94. The fourth-order valence-corrected chi connectivity index (χ4v) is 3.22. The van der Waals surface area contributed by atoms with Gasteiger partial charge in [0.05, 0.1) is 10.9 Å². The van der Waals surface area contributed by atoms with E-state index in [2.05, 4.69) is 23.4 Å². The molecular formula is C22H21FN4O. The minimum absolute atomic E-state index is 0.327. The highest BCUT2D eigenvalue weighted by molar-refractivity contribution is 6.08. The van der Waals surface area contributed by atoms with Crippen LogP contribution in [0.2, 0.25) is 0 Å². The zero-order valence-corrected chi connectivity index (χ0v) is 15.9. The Balaban J connectivity index is 1.79. The smallest absolute Gasteiger partial charge is 0.256 e. The third-order valence-corrected chi connectivity index (χ3v) is 4.73. The van der Waals surface area contributed by atoms with Gasteiger partial charge in [0.25, 0.3) is 5.91 Å². The number of nitrogens with zero attached hydrogens (tertiary/aromatic N) is 3. The van der Waals surface area contributed by atoms with E-state index in [1.807, 2.05) is 29.8 Å². The van der Waals surface area contributed by atoms with Gasteiger partial charge in [0.2, 0.25) is 0 Å². The molecule has 0 aliphatic carbocycles. The van der Waals surface area contributed by atoms with Gasteiger partial charge in [0, 0.05) is 17.5 Å². The van der Waals surface area contributed by atoms with E-state index in [1.165, 1.54) is 24.3 Å². The van der Waals surface area contributed by atoms with Crippen LogP contribution in [0.25, 0.3) is 21.9 Å². The van der Waals surface area contributed by atoms with Crippen molar-refractivity contribution in [1.82, 2.24) is 14.8 Å². The Labute approximate surface area is 162 Å². The lowest BCUT2D eigenvalue weighted by Crippen LogP contribution is -2.13. The van der Waals surface area contributed by atoms with E-state index < -0.39 is 0 Å². The SMILES string of the molecule is CCCCn1nc(NC(=O)c2ccc(F)cc2)c2cc3cc(C)ccc3nc21. The van der Waals surface area contributed by atoms with Crippen molar-refractivity contribution in [3.63, 3.8) is 0 Å². The summed E-state index contributed by atoms with van der Waals surface area (Å²) < 4.78 is 15.0. The third kappa shape index (κ3) is 3.45. The van der Waals surface area contributed by atoms with Gasteiger partial charge in [0.15, 0.2) is 11.5 Å². The second kappa shape index (κ2) is 7.38. The van der Waals surface area contributed by atoms with Crippen molar-refractivity contribution in [2.75, 3.05) is 5.32 Å². The number of benzene rings is 2. The molecule has 2 aromatic heterocycles. The van der Waals surface area contributed by atoms with Crippen LogP contribution in [0.3, 0.4) is 0 Å². The van der Waals surface area contributed by atoms with Gasteiger partial charge < -0.3 is 5.32 Å². The molecule has 1 N–H and O–H groups in total. The highest BCUT2D eigenvalue weighted by atomic mass is 19.1. The first-order chi connectivity index (χ1) is 13.5. The minimum Gasteiger partial charge on any atom is -0.305 e. The van der Waals surface area contributed by atoms with Crippen LogP contribution in [-0.4, -0.2) is 20.7 Å². The number of nitrogens with one attached hydrogen (secondary N) is 1. The highest BCUT2D eigenvalue weighted by Crippen LogP contribution is 2.27. The number of fused-ring (bicyclic) bond motifs is 2. The summed E-state index contributed by atoms with van der Waals surface area (Å²) in [6, 6.07) is 13.6. The van der Waals surface area contributed by atoms with E-state index in [0.717, 1.165) is 46.9 Å². The highest BCUT2D eigenvalue weighted by Gasteiger charge is 2.16. The molecule has 0 saturated heterocycles. The molecule has 4 rings (SSSR count). The maximum Gasteiger partial charge on any atom is 0.256 e.